The maximum atomic E-state index is 10.0. The number of nitrogens with two attached hydrogens (primary N) is 1. The highest BCUT2D eigenvalue weighted by Crippen LogP contribution is 2.27. The lowest BCUT2D eigenvalue weighted by molar-refractivity contribution is 0.128. The zero-order chi connectivity index (χ0) is 13.0. The maximum Gasteiger partial charge on any atom is 0.0732 e. The van der Waals surface area contributed by atoms with Crippen LogP contribution in [-0.4, -0.2) is 11.2 Å². The van der Waals surface area contributed by atoms with Crippen LogP contribution in [0.15, 0.2) is 22.7 Å². The van der Waals surface area contributed by atoms with Crippen molar-refractivity contribution in [3.8, 4) is 0 Å². The molecule has 1 aromatic carbocycles. The third-order valence-electron chi connectivity index (χ3n) is 2.78. The fraction of sp³-hybridized carbons (Fsp3) is 0.538. The quantitative estimate of drug-likeness (QED) is 0.864. The number of halogens is 2. The zero-order valence-corrected chi connectivity index (χ0v) is 12.5. The number of aliphatic hydroxyl groups excluding tert-OH is 1. The molecular weight excluding hydrogens is 302 g/mol. The summed E-state index contributed by atoms with van der Waals surface area (Å²) in [6.45, 7) is 4.27. The number of aliphatic hydroxyl groups is 1. The van der Waals surface area contributed by atoms with E-state index < -0.39 is 6.10 Å². The minimum Gasteiger partial charge on any atom is -0.391 e. The molecule has 0 unspecified atom stereocenters. The van der Waals surface area contributed by atoms with Gasteiger partial charge in [-0.1, -0.05) is 31.5 Å². The van der Waals surface area contributed by atoms with E-state index in [0.717, 1.165) is 22.9 Å². The fourth-order valence-corrected chi connectivity index (χ4v) is 2.14. The minimum absolute atomic E-state index is 0.359. The van der Waals surface area contributed by atoms with E-state index in [1.165, 1.54) is 0 Å². The Labute approximate surface area is 116 Å². The van der Waals surface area contributed by atoms with Crippen molar-refractivity contribution >= 4 is 27.5 Å². The van der Waals surface area contributed by atoms with E-state index >= 15 is 0 Å². The van der Waals surface area contributed by atoms with Gasteiger partial charge in [0.2, 0.25) is 0 Å². The molecule has 0 radical (unpaired) electrons. The molecule has 0 aliphatic carbocycles. The molecule has 0 amide bonds. The second-order valence-corrected chi connectivity index (χ2v) is 6.00. The molecule has 96 valence electrons. The summed E-state index contributed by atoms with van der Waals surface area (Å²) in [7, 11) is 0. The Kier molecular flexibility index (Phi) is 5.93. The monoisotopic (exact) mass is 319 g/mol. The first-order valence-electron chi connectivity index (χ1n) is 5.80. The van der Waals surface area contributed by atoms with E-state index in [9.17, 15) is 5.11 Å². The van der Waals surface area contributed by atoms with Gasteiger partial charge in [0.1, 0.15) is 0 Å². The molecule has 2 nitrogen and oxygen atoms in total. The van der Waals surface area contributed by atoms with Crippen molar-refractivity contribution in [2.45, 2.75) is 38.8 Å². The summed E-state index contributed by atoms with van der Waals surface area (Å²) < 4.78 is 0.808. The molecule has 0 saturated carbocycles. The van der Waals surface area contributed by atoms with Crippen LogP contribution >= 0.6 is 27.5 Å². The SMILES string of the molecule is CC(C)CC[C@@H](O)[C@@H](N)c1ccc(Cl)c(Br)c1. The second-order valence-electron chi connectivity index (χ2n) is 4.74. The smallest absolute Gasteiger partial charge is 0.0732 e. The molecule has 0 aliphatic heterocycles. The molecule has 0 aliphatic rings. The van der Waals surface area contributed by atoms with Gasteiger partial charge in [0.25, 0.3) is 0 Å². The number of rotatable bonds is 5. The van der Waals surface area contributed by atoms with E-state index in [1.54, 1.807) is 6.07 Å². The fourth-order valence-electron chi connectivity index (χ4n) is 1.63. The summed E-state index contributed by atoms with van der Waals surface area (Å²) in [6.07, 6.45) is 1.19. The van der Waals surface area contributed by atoms with Crippen LogP contribution in [0.1, 0.15) is 38.3 Å². The summed E-state index contributed by atoms with van der Waals surface area (Å²) in [6, 6.07) is 5.15. The highest BCUT2D eigenvalue weighted by molar-refractivity contribution is 9.10. The largest absolute Gasteiger partial charge is 0.391 e. The summed E-state index contributed by atoms with van der Waals surface area (Å²) in [5.74, 6) is 0.578. The van der Waals surface area contributed by atoms with Gasteiger partial charge in [-0.15, -0.1) is 0 Å². The van der Waals surface area contributed by atoms with E-state index in [0.29, 0.717) is 10.9 Å². The van der Waals surface area contributed by atoms with Crippen molar-refractivity contribution in [2.75, 3.05) is 0 Å². The highest BCUT2D eigenvalue weighted by Gasteiger charge is 2.17. The lowest BCUT2D eigenvalue weighted by Gasteiger charge is -2.20. The summed E-state index contributed by atoms with van der Waals surface area (Å²) >= 11 is 9.27. The van der Waals surface area contributed by atoms with E-state index in [1.807, 2.05) is 12.1 Å². The van der Waals surface area contributed by atoms with Crippen LogP contribution in [0, 0.1) is 5.92 Å². The van der Waals surface area contributed by atoms with E-state index in [2.05, 4.69) is 29.8 Å². The summed E-state index contributed by atoms with van der Waals surface area (Å²) in [5, 5.41) is 10.7. The van der Waals surface area contributed by atoms with Crippen LogP contribution in [0.25, 0.3) is 0 Å². The zero-order valence-electron chi connectivity index (χ0n) is 10.2. The van der Waals surface area contributed by atoms with Crippen molar-refractivity contribution in [2.24, 2.45) is 11.7 Å². The lowest BCUT2D eigenvalue weighted by atomic mass is 9.96. The number of benzene rings is 1. The van der Waals surface area contributed by atoms with Gasteiger partial charge in [0, 0.05) is 4.47 Å². The summed E-state index contributed by atoms with van der Waals surface area (Å²) in [5.41, 5.74) is 6.93. The molecule has 17 heavy (non-hydrogen) atoms. The minimum atomic E-state index is -0.509. The highest BCUT2D eigenvalue weighted by atomic mass is 79.9. The third kappa shape index (κ3) is 4.59. The third-order valence-corrected chi connectivity index (χ3v) is 4.00. The Morgan fingerprint density at radius 3 is 2.53 bits per heavy atom. The average molecular weight is 321 g/mol. The van der Waals surface area contributed by atoms with Crippen molar-refractivity contribution in [3.05, 3.63) is 33.3 Å². The molecule has 1 aromatic rings. The second kappa shape index (κ2) is 6.74. The van der Waals surface area contributed by atoms with Gasteiger partial charge in [-0.3, -0.25) is 0 Å². The molecule has 3 N–H and O–H groups in total. The van der Waals surface area contributed by atoms with E-state index in [-0.39, 0.29) is 6.04 Å². The average Bonchev–Trinajstić information content (AvgIpc) is 2.28. The van der Waals surface area contributed by atoms with Crippen molar-refractivity contribution < 1.29 is 5.11 Å². The van der Waals surface area contributed by atoms with Gasteiger partial charge in [0.15, 0.2) is 0 Å². The molecular formula is C13H19BrClNO. The first kappa shape index (κ1) is 15.0. The van der Waals surface area contributed by atoms with Gasteiger partial charge in [-0.25, -0.2) is 0 Å². The standard InChI is InChI=1S/C13H19BrClNO/c1-8(2)3-6-12(17)13(16)9-4-5-11(15)10(14)7-9/h4-5,7-8,12-13,17H,3,6,16H2,1-2H3/t12-,13+/m1/s1. The Morgan fingerprint density at radius 1 is 1.35 bits per heavy atom. The molecule has 0 spiro atoms. The number of hydrogen-bond donors (Lipinski definition) is 2. The van der Waals surface area contributed by atoms with Crippen molar-refractivity contribution in [1.82, 2.24) is 0 Å². The topological polar surface area (TPSA) is 46.2 Å². The predicted octanol–water partition coefficient (Wildman–Crippen LogP) is 3.90. The summed E-state index contributed by atoms with van der Waals surface area (Å²) in [4.78, 5) is 0. The molecule has 2 atom stereocenters. The normalized spacial score (nSPS) is 15.0. The lowest BCUT2D eigenvalue weighted by Crippen LogP contribution is -2.26. The van der Waals surface area contributed by atoms with Crippen molar-refractivity contribution in [1.29, 1.82) is 0 Å². The van der Waals surface area contributed by atoms with Gasteiger partial charge in [-0.2, -0.15) is 0 Å². The van der Waals surface area contributed by atoms with Crippen LogP contribution in [0.4, 0.5) is 0 Å². The molecule has 0 saturated heterocycles. The Bertz CT molecular complexity index is 370. The van der Waals surface area contributed by atoms with Crippen LogP contribution in [0.5, 0.6) is 0 Å². The predicted molar refractivity (Wildman–Crippen MR) is 76.2 cm³/mol. The Hall–Kier alpha value is -0.0900. The molecule has 0 aromatic heterocycles. The van der Waals surface area contributed by atoms with Crippen molar-refractivity contribution in [3.63, 3.8) is 0 Å². The van der Waals surface area contributed by atoms with Gasteiger partial charge >= 0.3 is 0 Å². The van der Waals surface area contributed by atoms with Gasteiger partial charge in [0.05, 0.1) is 17.2 Å². The van der Waals surface area contributed by atoms with Crippen LogP contribution in [-0.2, 0) is 0 Å². The molecule has 0 bridgehead atoms. The van der Waals surface area contributed by atoms with E-state index in [4.69, 9.17) is 17.3 Å². The van der Waals surface area contributed by atoms with Crippen LogP contribution < -0.4 is 5.73 Å². The molecule has 0 heterocycles. The molecule has 4 heteroatoms. The van der Waals surface area contributed by atoms with Gasteiger partial charge < -0.3 is 10.8 Å². The first-order chi connectivity index (χ1) is 7.91. The Morgan fingerprint density at radius 2 is 2.00 bits per heavy atom. The maximum absolute atomic E-state index is 10.0. The first-order valence-corrected chi connectivity index (χ1v) is 6.97. The van der Waals surface area contributed by atoms with Crippen LogP contribution in [0.3, 0.4) is 0 Å². The Balaban J connectivity index is 2.67. The molecule has 1 rings (SSSR count). The number of hydrogen-bond acceptors (Lipinski definition) is 2. The van der Waals surface area contributed by atoms with Gasteiger partial charge in [-0.05, 0) is 52.4 Å². The molecule has 0 fully saturated rings. The van der Waals surface area contributed by atoms with Crippen LogP contribution in [0.2, 0.25) is 5.02 Å².